The fraction of sp³-hybridized carbons (Fsp3) is 0.429. The predicted octanol–water partition coefficient (Wildman–Crippen LogP) is 5.88. The van der Waals surface area contributed by atoms with E-state index in [1.807, 2.05) is 6.07 Å². The zero-order chi connectivity index (χ0) is 21.3. The van der Waals surface area contributed by atoms with Crippen molar-refractivity contribution in [3.8, 4) is 0 Å². The molecule has 4 rings (SSSR count). The molecule has 0 unspecified atom stereocenters. The number of hydrogen-bond acceptors (Lipinski definition) is 8. The van der Waals surface area contributed by atoms with Crippen LogP contribution in [0.25, 0.3) is 0 Å². The van der Waals surface area contributed by atoms with Crippen molar-refractivity contribution in [2.75, 3.05) is 0 Å². The standard InChI is InChI=1S/C21H23FN4O2S2/c1-12(2)8-15-17(21(15,3)4)18-24-26-20(28-18)30-11-16-23-25-19(27-16)29-10-13-6-5-7-14(22)9-13/h5-9,15,17H,10-11H2,1-4H3/t15-,17+/m1/s1. The first-order chi connectivity index (χ1) is 14.3. The first-order valence-electron chi connectivity index (χ1n) is 9.64. The Morgan fingerprint density at radius 3 is 2.57 bits per heavy atom. The van der Waals surface area contributed by atoms with Crippen molar-refractivity contribution in [1.82, 2.24) is 20.4 Å². The number of benzene rings is 1. The van der Waals surface area contributed by atoms with E-state index in [9.17, 15) is 4.39 Å². The molecule has 2 heterocycles. The van der Waals surface area contributed by atoms with Crippen LogP contribution in [0.5, 0.6) is 0 Å². The third-order valence-corrected chi connectivity index (χ3v) is 6.82. The van der Waals surface area contributed by atoms with Crippen molar-refractivity contribution in [1.29, 1.82) is 0 Å². The van der Waals surface area contributed by atoms with Crippen molar-refractivity contribution < 1.29 is 13.2 Å². The van der Waals surface area contributed by atoms with Crippen LogP contribution in [-0.2, 0) is 11.5 Å². The summed E-state index contributed by atoms with van der Waals surface area (Å²) < 4.78 is 24.8. The van der Waals surface area contributed by atoms with E-state index < -0.39 is 0 Å². The van der Waals surface area contributed by atoms with Gasteiger partial charge in [-0.2, -0.15) is 0 Å². The van der Waals surface area contributed by atoms with Gasteiger partial charge in [0.25, 0.3) is 10.4 Å². The number of hydrogen-bond donors (Lipinski definition) is 0. The summed E-state index contributed by atoms with van der Waals surface area (Å²) in [5, 5.41) is 17.4. The summed E-state index contributed by atoms with van der Waals surface area (Å²) in [5.74, 6) is 2.59. The third kappa shape index (κ3) is 4.78. The average Bonchev–Trinajstić information content (AvgIpc) is 3.10. The Bertz CT molecular complexity index is 1060. The Morgan fingerprint density at radius 2 is 1.80 bits per heavy atom. The molecule has 0 N–H and O–H groups in total. The van der Waals surface area contributed by atoms with Crippen LogP contribution in [-0.4, -0.2) is 20.4 Å². The molecule has 1 aromatic carbocycles. The van der Waals surface area contributed by atoms with Crippen LogP contribution >= 0.6 is 23.5 Å². The SMILES string of the molecule is CC(C)=C[C@@H]1[C@@H](c2nnc(SCc3nnc(SCc4cccc(F)c4)o3)o2)C1(C)C. The number of allylic oxidation sites excluding steroid dienone is 2. The van der Waals surface area contributed by atoms with Gasteiger partial charge in [0.1, 0.15) is 5.82 Å². The predicted molar refractivity (Wildman–Crippen MR) is 114 cm³/mol. The van der Waals surface area contributed by atoms with Crippen molar-refractivity contribution in [3.63, 3.8) is 0 Å². The molecule has 30 heavy (non-hydrogen) atoms. The van der Waals surface area contributed by atoms with E-state index in [-0.39, 0.29) is 17.2 Å². The van der Waals surface area contributed by atoms with E-state index in [1.165, 1.54) is 41.2 Å². The van der Waals surface area contributed by atoms with Gasteiger partial charge in [0, 0.05) is 11.7 Å². The molecule has 1 aliphatic rings. The van der Waals surface area contributed by atoms with Gasteiger partial charge in [-0.1, -0.05) is 61.2 Å². The van der Waals surface area contributed by atoms with Gasteiger partial charge in [-0.25, -0.2) is 4.39 Å². The summed E-state index contributed by atoms with van der Waals surface area (Å²) in [6, 6.07) is 6.46. The van der Waals surface area contributed by atoms with E-state index in [0.717, 1.165) is 5.56 Å². The number of nitrogens with zero attached hydrogens (tertiary/aromatic N) is 4. The van der Waals surface area contributed by atoms with E-state index in [1.54, 1.807) is 6.07 Å². The normalized spacial score (nSPS) is 19.6. The lowest BCUT2D eigenvalue weighted by molar-refractivity contribution is 0.398. The first kappa shape index (κ1) is 21.1. The Labute approximate surface area is 183 Å². The molecule has 0 amide bonds. The summed E-state index contributed by atoms with van der Waals surface area (Å²) in [5.41, 5.74) is 2.29. The molecular formula is C21H23FN4O2S2. The average molecular weight is 447 g/mol. The van der Waals surface area contributed by atoms with Gasteiger partial charge in [0.15, 0.2) is 0 Å². The second-order valence-corrected chi connectivity index (χ2v) is 10.00. The summed E-state index contributed by atoms with van der Waals surface area (Å²) >= 11 is 2.75. The highest BCUT2D eigenvalue weighted by molar-refractivity contribution is 7.98. The minimum atomic E-state index is -0.253. The monoisotopic (exact) mass is 446 g/mol. The molecule has 0 saturated heterocycles. The van der Waals surface area contributed by atoms with Gasteiger partial charge in [-0.3, -0.25) is 0 Å². The quantitative estimate of drug-likeness (QED) is 0.313. The highest BCUT2D eigenvalue weighted by Crippen LogP contribution is 2.65. The van der Waals surface area contributed by atoms with Gasteiger partial charge in [-0.05, 0) is 42.9 Å². The van der Waals surface area contributed by atoms with Crippen molar-refractivity contribution in [2.24, 2.45) is 11.3 Å². The van der Waals surface area contributed by atoms with E-state index in [4.69, 9.17) is 8.83 Å². The minimum absolute atomic E-state index is 0.131. The maximum absolute atomic E-state index is 13.2. The van der Waals surface area contributed by atoms with Crippen LogP contribution in [0.15, 0.2) is 55.2 Å². The lowest BCUT2D eigenvalue weighted by Gasteiger charge is -1.98. The second-order valence-electron chi connectivity index (χ2n) is 8.14. The maximum atomic E-state index is 13.2. The highest BCUT2D eigenvalue weighted by Gasteiger charge is 2.60. The molecule has 2 aromatic heterocycles. The summed E-state index contributed by atoms with van der Waals surface area (Å²) in [7, 11) is 0. The molecule has 1 aliphatic carbocycles. The molecular weight excluding hydrogens is 423 g/mol. The number of rotatable bonds is 8. The lowest BCUT2D eigenvalue weighted by Crippen LogP contribution is -1.90. The second kappa shape index (κ2) is 8.55. The zero-order valence-corrected chi connectivity index (χ0v) is 18.9. The van der Waals surface area contributed by atoms with Gasteiger partial charge in [0.2, 0.25) is 11.8 Å². The van der Waals surface area contributed by atoms with Crippen LogP contribution < -0.4 is 0 Å². The van der Waals surface area contributed by atoms with Crippen LogP contribution in [0, 0.1) is 17.2 Å². The van der Waals surface area contributed by atoms with Crippen molar-refractivity contribution in [3.05, 3.63) is 59.1 Å². The third-order valence-electron chi connectivity index (χ3n) is 5.13. The largest absolute Gasteiger partial charge is 0.416 e. The molecule has 0 bridgehead atoms. The Kier molecular flexibility index (Phi) is 6.02. The number of aromatic nitrogens is 4. The van der Waals surface area contributed by atoms with E-state index in [0.29, 0.717) is 39.7 Å². The van der Waals surface area contributed by atoms with Crippen LogP contribution in [0.1, 0.15) is 51.0 Å². The van der Waals surface area contributed by atoms with Gasteiger partial charge >= 0.3 is 0 Å². The molecule has 3 aromatic rings. The molecule has 9 heteroatoms. The van der Waals surface area contributed by atoms with Crippen LogP contribution in [0.4, 0.5) is 4.39 Å². The molecule has 158 valence electrons. The van der Waals surface area contributed by atoms with Gasteiger partial charge in [-0.15, -0.1) is 20.4 Å². The highest BCUT2D eigenvalue weighted by atomic mass is 32.2. The smallest absolute Gasteiger partial charge is 0.277 e. The van der Waals surface area contributed by atoms with Crippen molar-refractivity contribution >= 4 is 23.5 Å². The maximum Gasteiger partial charge on any atom is 0.277 e. The van der Waals surface area contributed by atoms with Crippen LogP contribution in [0.3, 0.4) is 0 Å². The number of halogens is 1. The van der Waals surface area contributed by atoms with Gasteiger partial charge in [0.05, 0.1) is 5.75 Å². The van der Waals surface area contributed by atoms with Gasteiger partial charge < -0.3 is 8.83 Å². The molecule has 1 fully saturated rings. The van der Waals surface area contributed by atoms with E-state index >= 15 is 0 Å². The first-order valence-corrected chi connectivity index (χ1v) is 11.6. The van der Waals surface area contributed by atoms with Crippen molar-refractivity contribution in [2.45, 2.75) is 55.6 Å². The lowest BCUT2D eigenvalue weighted by atomic mass is 10.1. The van der Waals surface area contributed by atoms with E-state index in [2.05, 4.69) is 54.2 Å². The summed E-state index contributed by atoms with van der Waals surface area (Å²) in [6.45, 7) is 8.66. The molecule has 0 radical (unpaired) electrons. The minimum Gasteiger partial charge on any atom is -0.416 e. The molecule has 0 spiro atoms. The fourth-order valence-corrected chi connectivity index (χ4v) is 4.80. The summed E-state index contributed by atoms with van der Waals surface area (Å²) in [6.07, 6.45) is 2.28. The fourth-order valence-electron chi connectivity index (χ4n) is 3.47. The van der Waals surface area contributed by atoms with Crippen LogP contribution in [0.2, 0.25) is 0 Å². The number of thioether (sulfide) groups is 2. The molecule has 1 saturated carbocycles. The molecule has 2 atom stereocenters. The Balaban J connectivity index is 1.30. The zero-order valence-electron chi connectivity index (χ0n) is 17.3. The molecule has 6 nitrogen and oxygen atoms in total. The summed E-state index contributed by atoms with van der Waals surface area (Å²) in [4.78, 5) is 0. The molecule has 0 aliphatic heterocycles. The Morgan fingerprint density at radius 1 is 1.07 bits per heavy atom. The topological polar surface area (TPSA) is 77.8 Å². The Hall–Kier alpha value is -2.13.